The number of oxazole rings is 1. The molecule has 100 valence electrons. The molecule has 2 N–H and O–H groups in total. The molecule has 0 fully saturated rings. The van der Waals surface area contributed by atoms with Crippen LogP contribution in [-0.2, 0) is 0 Å². The largest absolute Gasteiger partial charge is 0.422 e. The van der Waals surface area contributed by atoms with E-state index in [0.29, 0.717) is 17.3 Å². The lowest BCUT2D eigenvalue weighted by Crippen LogP contribution is -2.21. The molecular weight excluding hydrogens is 256 g/mol. The first kappa shape index (κ1) is 12.1. The van der Waals surface area contributed by atoms with Gasteiger partial charge >= 0.3 is 6.01 Å². The van der Waals surface area contributed by atoms with E-state index in [1.54, 1.807) is 25.6 Å². The molecule has 0 aliphatic rings. The number of rotatable bonds is 3. The number of amidine groups is 1. The van der Waals surface area contributed by atoms with Crippen molar-refractivity contribution in [2.75, 3.05) is 12.1 Å². The van der Waals surface area contributed by atoms with Crippen molar-refractivity contribution in [2.45, 2.75) is 0 Å². The fraction of sp³-hybridized carbons (Fsp3) is 0.0769. The van der Waals surface area contributed by atoms with Gasteiger partial charge in [0.2, 0.25) is 0 Å². The maximum absolute atomic E-state index is 5.86. The van der Waals surface area contributed by atoms with E-state index in [0.717, 1.165) is 5.52 Å². The number of fused-ring (bicyclic) bond motifs is 1. The Balaban J connectivity index is 1.90. The molecule has 7 nitrogen and oxygen atoms in total. The van der Waals surface area contributed by atoms with E-state index in [1.807, 2.05) is 24.3 Å². The highest BCUT2D eigenvalue weighted by Crippen LogP contribution is 2.20. The SMILES string of the molecule is CN(/N=C(\N)c1cnccn1)c1nc2ccccc2o1. The molecule has 2 heterocycles. The van der Waals surface area contributed by atoms with Gasteiger partial charge in [-0.25, -0.2) is 9.99 Å². The van der Waals surface area contributed by atoms with Gasteiger partial charge in [-0.05, 0) is 12.1 Å². The van der Waals surface area contributed by atoms with E-state index < -0.39 is 0 Å². The smallest absolute Gasteiger partial charge is 0.319 e. The van der Waals surface area contributed by atoms with Gasteiger partial charge in [0.25, 0.3) is 0 Å². The molecule has 0 saturated carbocycles. The van der Waals surface area contributed by atoms with Gasteiger partial charge in [0.15, 0.2) is 11.4 Å². The number of aromatic nitrogens is 3. The summed E-state index contributed by atoms with van der Waals surface area (Å²) >= 11 is 0. The van der Waals surface area contributed by atoms with Crippen molar-refractivity contribution in [2.24, 2.45) is 10.8 Å². The van der Waals surface area contributed by atoms with E-state index in [-0.39, 0.29) is 5.84 Å². The number of para-hydroxylation sites is 2. The maximum atomic E-state index is 5.86. The highest BCUT2D eigenvalue weighted by atomic mass is 16.4. The summed E-state index contributed by atoms with van der Waals surface area (Å²) in [5.41, 5.74) is 7.82. The Morgan fingerprint density at radius 3 is 2.90 bits per heavy atom. The Bertz CT molecular complexity index is 719. The third-order valence-corrected chi connectivity index (χ3v) is 2.64. The summed E-state index contributed by atoms with van der Waals surface area (Å²) in [5.74, 6) is 0.239. The van der Waals surface area contributed by atoms with Crippen LogP contribution in [0.3, 0.4) is 0 Å². The van der Waals surface area contributed by atoms with E-state index in [4.69, 9.17) is 10.2 Å². The Labute approximate surface area is 114 Å². The topological polar surface area (TPSA) is 93.4 Å². The first-order valence-corrected chi connectivity index (χ1v) is 5.94. The van der Waals surface area contributed by atoms with Gasteiger partial charge in [-0.3, -0.25) is 4.98 Å². The minimum absolute atomic E-state index is 0.239. The normalized spacial score (nSPS) is 11.8. The minimum Gasteiger partial charge on any atom is -0.422 e. The molecule has 0 aliphatic carbocycles. The van der Waals surface area contributed by atoms with Gasteiger partial charge in [-0.15, -0.1) is 5.10 Å². The van der Waals surface area contributed by atoms with Gasteiger partial charge in [0.05, 0.1) is 6.20 Å². The molecule has 0 spiro atoms. The molecule has 7 heteroatoms. The van der Waals surface area contributed by atoms with E-state index in [1.165, 1.54) is 5.01 Å². The second-order valence-corrected chi connectivity index (χ2v) is 4.06. The second-order valence-electron chi connectivity index (χ2n) is 4.06. The van der Waals surface area contributed by atoms with Crippen LogP contribution in [0.1, 0.15) is 5.69 Å². The third-order valence-electron chi connectivity index (χ3n) is 2.64. The molecule has 2 aromatic heterocycles. The summed E-state index contributed by atoms with van der Waals surface area (Å²) in [6.07, 6.45) is 4.66. The van der Waals surface area contributed by atoms with Crippen molar-refractivity contribution < 1.29 is 4.42 Å². The number of nitrogens with zero attached hydrogens (tertiary/aromatic N) is 5. The first-order valence-electron chi connectivity index (χ1n) is 5.94. The van der Waals surface area contributed by atoms with Crippen molar-refractivity contribution in [1.82, 2.24) is 15.0 Å². The van der Waals surface area contributed by atoms with Crippen LogP contribution < -0.4 is 10.7 Å². The van der Waals surface area contributed by atoms with Crippen LogP contribution in [0.4, 0.5) is 6.01 Å². The van der Waals surface area contributed by atoms with Gasteiger partial charge in [0.1, 0.15) is 11.2 Å². The number of hydrogen-bond acceptors (Lipinski definition) is 6. The lowest BCUT2D eigenvalue weighted by molar-refractivity contribution is 0.588. The average molecular weight is 268 g/mol. The fourth-order valence-corrected chi connectivity index (χ4v) is 1.69. The number of anilines is 1. The second kappa shape index (κ2) is 4.96. The molecule has 0 bridgehead atoms. The fourth-order valence-electron chi connectivity index (χ4n) is 1.69. The Morgan fingerprint density at radius 2 is 2.15 bits per heavy atom. The lowest BCUT2D eigenvalue weighted by Gasteiger charge is -2.08. The van der Waals surface area contributed by atoms with Crippen molar-refractivity contribution in [3.05, 3.63) is 48.5 Å². The average Bonchev–Trinajstić information content (AvgIpc) is 2.92. The zero-order valence-corrected chi connectivity index (χ0v) is 10.8. The lowest BCUT2D eigenvalue weighted by atomic mass is 10.3. The zero-order chi connectivity index (χ0) is 13.9. The molecular formula is C13H12N6O. The van der Waals surface area contributed by atoms with Crippen LogP contribution in [0, 0.1) is 0 Å². The zero-order valence-electron chi connectivity index (χ0n) is 10.8. The van der Waals surface area contributed by atoms with E-state index in [9.17, 15) is 0 Å². The minimum atomic E-state index is 0.239. The molecule has 0 saturated heterocycles. The summed E-state index contributed by atoms with van der Waals surface area (Å²) in [6.45, 7) is 0. The predicted octanol–water partition coefficient (Wildman–Crippen LogP) is 1.37. The molecule has 3 aromatic rings. The number of benzene rings is 1. The summed E-state index contributed by atoms with van der Waals surface area (Å²) in [4.78, 5) is 12.3. The molecule has 0 radical (unpaired) electrons. The summed E-state index contributed by atoms with van der Waals surface area (Å²) in [6, 6.07) is 7.85. The molecule has 0 unspecified atom stereocenters. The van der Waals surface area contributed by atoms with Crippen LogP contribution in [0.15, 0.2) is 52.4 Å². The van der Waals surface area contributed by atoms with Crippen LogP contribution in [0.25, 0.3) is 11.1 Å². The number of hydrazone groups is 1. The molecule has 0 amide bonds. The Morgan fingerprint density at radius 1 is 1.30 bits per heavy atom. The van der Waals surface area contributed by atoms with Crippen molar-refractivity contribution in [3.8, 4) is 0 Å². The van der Waals surface area contributed by atoms with E-state index >= 15 is 0 Å². The van der Waals surface area contributed by atoms with Gasteiger partial charge in [0, 0.05) is 19.4 Å². The highest BCUT2D eigenvalue weighted by molar-refractivity contribution is 5.95. The summed E-state index contributed by atoms with van der Waals surface area (Å²) < 4.78 is 5.58. The van der Waals surface area contributed by atoms with Crippen LogP contribution >= 0.6 is 0 Å². The van der Waals surface area contributed by atoms with Crippen LogP contribution in [0.2, 0.25) is 0 Å². The monoisotopic (exact) mass is 268 g/mol. The first-order chi connectivity index (χ1) is 9.74. The van der Waals surface area contributed by atoms with Crippen molar-refractivity contribution >= 4 is 22.9 Å². The van der Waals surface area contributed by atoms with Gasteiger partial charge < -0.3 is 10.2 Å². The maximum Gasteiger partial charge on any atom is 0.319 e. The number of hydrogen-bond donors (Lipinski definition) is 1. The third kappa shape index (κ3) is 2.28. The highest BCUT2D eigenvalue weighted by Gasteiger charge is 2.10. The molecule has 0 atom stereocenters. The Kier molecular flexibility index (Phi) is 3.00. The number of nitrogens with two attached hydrogens (primary N) is 1. The van der Waals surface area contributed by atoms with Crippen LogP contribution in [-0.4, -0.2) is 27.8 Å². The molecule has 0 aliphatic heterocycles. The Hall–Kier alpha value is -2.96. The van der Waals surface area contributed by atoms with Crippen molar-refractivity contribution in [3.63, 3.8) is 0 Å². The van der Waals surface area contributed by atoms with Crippen molar-refractivity contribution in [1.29, 1.82) is 0 Å². The van der Waals surface area contributed by atoms with E-state index in [2.05, 4.69) is 20.1 Å². The quantitative estimate of drug-likeness (QED) is 0.438. The molecule has 1 aromatic carbocycles. The van der Waals surface area contributed by atoms with Gasteiger partial charge in [-0.1, -0.05) is 12.1 Å². The summed E-state index contributed by atoms with van der Waals surface area (Å²) in [7, 11) is 1.70. The molecule has 3 rings (SSSR count). The standard InChI is InChI=1S/C13H12N6O/c1-19(18-12(14)10-8-15-6-7-16-10)13-17-9-4-2-3-5-11(9)20-13/h2-8H,1H3,(H2,14,18). The van der Waals surface area contributed by atoms with Gasteiger partial charge in [-0.2, -0.15) is 4.98 Å². The molecule has 20 heavy (non-hydrogen) atoms. The summed E-state index contributed by atoms with van der Waals surface area (Å²) in [5, 5.41) is 5.64. The van der Waals surface area contributed by atoms with Crippen LogP contribution in [0.5, 0.6) is 0 Å². The predicted molar refractivity (Wildman–Crippen MR) is 75.2 cm³/mol.